The molecule has 2 atom stereocenters. The fraction of sp³-hybridized carbons (Fsp3) is 0.611. The van der Waals surface area contributed by atoms with E-state index >= 15 is 0 Å². The van der Waals surface area contributed by atoms with Crippen molar-refractivity contribution in [1.29, 1.82) is 0 Å². The summed E-state index contributed by atoms with van der Waals surface area (Å²) in [7, 11) is 3.59. The molecule has 1 aromatic carbocycles. The van der Waals surface area contributed by atoms with E-state index < -0.39 is 5.97 Å². The summed E-state index contributed by atoms with van der Waals surface area (Å²) >= 11 is 0. The monoisotopic (exact) mass is 333 g/mol. The maximum Gasteiger partial charge on any atom is 0.320 e. The van der Waals surface area contributed by atoms with E-state index in [1.54, 1.807) is 7.11 Å². The largest absolute Gasteiger partial charge is 0.497 e. The van der Waals surface area contributed by atoms with Crippen molar-refractivity contribution in [2.75, 3.05) is 38.7 Å². The molecule has 3 rings (SSSR count). The lowest BCUT2D eigenvalue weighted by molar-refractivity contribution is -0.141. The van der Waals surface area contributed by atoms with Crippen LogP contribution in [0.5, 0.6) is 5.75 Å². The highest BCUT2D eigenvalue weighted by Gasteiger charge is 2.35. The van der Waals surface area contributed by atoms with Crippen molar-refractivity contribution in [3.63, 3.8) is 0 Å². The third-order valence-corrected chi connectivity index (χ3v) is 5.22. The number of carboxylic acid groups (broad SMARTS) is 1. The molecule has 2 heterocycles. The molecule has 6 heteroatoms. The maximum absolute atomic E-state index is 11.2. The summed E-state index contributed by atoms with van der Waals surface area (Å²) < 4.78 is 5.30. The van der Waals surface area contributed by atoms with Crippen molar-refractivity contribution in [1.82, 2.24) is 10.2 Å². The lowest BCUT2D eigenvalue weighted by Gasteiger charge is -2.35. The van der Waals surface area contributed by atoms with Crippen molar-refractivity contribution in [2.24, 2.45) is 0 Å². The molecular weight excluding hydrogens is 306 g/mol. The zero-order valence-electron chi connectivity index (χ0n) is 14.4. The first-order valence-electron chi connectivity index (χ1n) is 8.65. The Morgan fingerprint density at radius 2 is 2.04 bits per heavy atom. The predicted molar refractivity (Wildman–Crippen MR) is 93.8 cm³/mol. The molecule has 2 aliphatic rings. The highest BCUT2D eigenvalue weighted by molar-refractivity contribution is 5.74. The van der Waals surface area contributed by atoms with E-state index in [1.807, 2.05) is 24.1 Å². The minimum Gasteiger partial charge on any atom is -0.497 e. The Kier molecular flexibility index (Phi) is 5.26. The molecule has 2 fully saturated rings. The molecule has 2 saturated heterocycles. The van der Waals surface area contributed by atoms with Gasteiger partial charge in [0.1, 0.15) is 11.8 Å². The summed E-state index contributed by atoms with van der Waals surface area (Å²) in [4.78, 5) is 15.5. The molecule has 0 radical (unpaired) electrons. The molecule has 1 aromatic rings. The number of anilines is 1. The first-order valence-corrected chi connectivity index (χ1v) is 8.65. The van der Waals surface area contributed by atoms with Crippen LogP contribution in [0.25, 0.3) is 0 Å². The summed E-state index contributed by atoms with van der Waals surface area (Å²) in [6.07, 6.45) is 2.85. The third kappa shape index (κ3) is 3.82. The second kappa shape index (κ2) is 7.40. The Morgan fingerprint density at radius 1 is 1.29 bits per heavy atom. The minimum atomic E-state index is -0.713. The molecule has 2 N–H and O–H groups in total. The number of nitrogens with one attached hydrogen (secondary N) is 1. The second-order valence-electron chi connectivity index (χ2n) is 6.86. The standard InChI is InChI=1S/C18H27N3O3/c1-20-12-14(10-17(20)18(22)23)19-13-6-8-21(9-7-13)15-4-3-5-16(11-15)24-2/h3-5,11,13-14,17,19H,6-10,12H2,1-2H3,(H,22,23)/t14-,17+/m1/s1. The number of likely N-dealkylation sites (tertiary alicyclic amines) is 1. The summed E-state index contributed by atoms with van der Waals surface area (Å²) in [5.41, 5.74) is 1.21. The third-order valence-electron chi connectivity index (χ3n) is 5.22. The molecule has 0 bridgehead atoms. The normalized spacial score (nSPS) is 25.8. The number of hydrogen-bond donors (Lipinski definition) is 2. The number of ether oxygens (including phenoxy) is 1. The number of hydrogen-bond acceptors (Lipinski definition) is 5. The molecule has 0 saturated carbocycles. The van der Waals surface area contributed by atoms with Gasteiger partial charge in [-0.1, -0.05) is 6.07 Å². The van der Waals surface area contributed by atoms with Crippen LogP contribution in [0.3, 0.4) is 0 Å². The molecule has 0 unspecified atom stereocenters. The van der Waals surface area contributed by atoms with Gasteiger partial charge in [-0.2, -0.15) is 0 Å². The van der Waals surface area contributed by atoms with Crippen molar-refractivity contribution >= 4 is 11.7 Å². The number of nitrogens with zero attached hydrogens (tertiary/aromatic N) is 2. The molecule has 0 aromatic heterocycles. The number of likely N-dealkylation sites (N-methyl/N-ethyl adjacent to an activating group) is 1. The van der Waals surface area contributed by atoms with Crippen LogP contribution in [0, 0.1) is 0 Å². The van der Waals surface area contributed by atoms with Gasteiger partial charge in [-0.15, -0.1) is 0 Å². The van der Waals surface area contributed by atoms with Crippen LogP contribution < -0.4 is 15.0 Å². The van der Waals surface area contributed by atoms with Gasteiger partial charge in [0.2, 0.25) is 0 Å². The number of methoxy groups -OCH3 is 1. The average Bonchev–Trinajstić information content (AvgIpc) is 2.96. The molecule has 2 aliphatic heterocycles. The van der Waals surface area contributed by atoms with Gasteiger partial charge in [-0.05, 0) is 38.4 Å². The van der Waals surface area contributed by atoms with Crippen LogP contribution >= 0.6 is 0 Å². The summed E-state index contributed by atoms with van der Waals surface area (Å²) in [5, 5.41) is 12.9. The van der Waals surface area contributed by atoms with Crippen LogP contribution in [-0.4, -0.2) is 67.9 Å². The van der Waals surface area contributed by atoms with Crippen LogP contribution in [0.1, 0.15) is 19.3 Å². The van der Waals surface area contributed by atoms with E-state index in [1.165, 1.54) is 5.69 Å². The van der Waals surface area contributed by atoms with Crippen LogP contribution in [0.15, 0.2) is 24.3 Å². The van der Waals surface area contributed by atoms with Gasteiger partial charge < -0.3 is 20.1 Å². The maximum atomic E-state index is 11.2. The summed E-state index contributed by atoms with van der Waals surface area (Å²) in [6, 6.07) is 8.60. The number of aliphatic carboxylic acids is 1. The summed E-state index contributed by atoms with van der Waals surface area (Å²) in [6.45, 7) is 2.83. The summed E-state index contributed by atoms with van der Waals surface area (Å²) in [5.74, 6) is 0.177. The molecular formula is C18H27N3O3. The van der Waals surface area contributed by atoms with Gasteiger partial charge in [-0.25, -0.2) is 0 Å². The van der Waals surface area contributed by atoms with Crippen molar-refractivity contribution in [2.45, 2.75) is 37.4 Å². The molecule has 0 amide bonds. The van der Waals surface area contributed by atoms with E-state index in [4.69, 9.17) is 4.74 Å². The van der Waals surface area contributed by atoms with Gasteiger partial charge in [0.25, 0.3) is 0 Å². The van der Waals surface area contributed by atoms with Crippen molar-refractivity contribution in [3.05, 3.63) is 24.3 Å². The van der Waals surface area contributed by atoms with Crippen molar-refractivity contribution < 1.29 is 14.6 Å². The Hall–Kier alpha value is -1.79. The zero-order valence-corrected chi connectivity index (χ0v) is 14.4. The SMILES string of the molecule is COc1cccc(N2CCC(N[C@@H]3C[C@@H](C(=O)O)N(C)C3)CC2)c1. The van der Waals surface area contributed by atoms with Crippen LogP contribution in [0.4, 0.5) is 5.69 Å². The van der Waals surface area contributed by atoms with E-state index in [0.29, 0.717) is 12.5 Å². The van der Waals surface area contributed by atoms with Gasteiger partial charge >= 0.3 is 5.97 Å². The fourth-order valence-electron chi connectivity index (χ4n) is 3.85. The Morgan fingerprint density at radius 3 is 2.67 bits per heavy atom. The predicted octanol–water partition coefficient (Wildman–Crippen LogP) is 1.41. The fourth-order valence-corrected chi connectivity index (χ4v) is 3.85. The van der Waals surface area contributed by atoms with Crippen molar-refractivity contribution in [3.8, 4) is 5.75 Å². The lowest BCUT2D eigenvalue weighted by atomic mass is 10.0. The van der Waals surface area contributed by atoms with Gasteiger partial charge in [0, 0.05) is 43.5 Å². The second-order valence-corrected chi connectivity index (χ2v) is 6.86. The quantitative estimate of drug-likeness (QED) is 0.849. The Labute approximate surface area is 143 Å². The number of benzene rings is 1. The smallest absolute Gasteiger partial charge is 0.320 e. The molecule has 132 valence electrons. The van der Waals surface area contributed by atoms with E-state index in [0.717, 1.165) is 38.2 Å². The Balaban J connectivity index is 1.50. The van der Waals surface area contributed by atoms with E-state index in [9.17, 15) is 9.90 Å². The van der Waals surface area contributed by atoms with E-state index in [-0.39, 0.29) is 12.1 Å². The van der Waals surface area contributed by atoms with Crippen LogP contribution in [-0.2, 0) is 4.79 Å². The highest BCUT2D eigenvalue weighted by atomic mass is 16.5. The number of carbonyl (C=O) groups is 1. The van der Waals surface area contributed by atoms with Gasteiger partial charge in [0.05, 0.1) is 7.11 Å². The first-order chi connectivity index (χ1) is 11.6. The molecule has 0 aliphatic carbocycles. The van der Waals surface area contributed by atoms with Gasteiger partial charge in [0.15, 0.2) is 0 Å². The van der Waals surface area contributed by atoms with Gasteiger partial charge in [-0.3, -0.25) is 9.69 Å². The number of piperidine rings is 1. The average molecular weight is 333 g/mol. The minimum absolute atomic E-state index is 0.282. The Bertz CT molecular complexity index is 572. The number of rotatable bonds is 5. The highest BCUT2D eigenvalue weighted by Crippen LogP contribution is 2.25. The molecule has 6 nitrogen and oxygen atoms in total. The topological polar surface area (TPSA) is 65.0 Å². The molecule has 0 spiro atoms. The first kappa shape index (κ1) is 17.0. The zero-order chi connectivity index (χ0) is 17.1. The lowest BCUT2D eigenvalue weighted by Crippen LogP contribution is -2.47. The van der Waals surface area contributed by atoms with Crippen LogP contribution in [0.2, 0.25) is 0 Å². The molecule has 24 heavy (non-hydrogen) atoms. The van der Waals surface area contributed by atoms with E-state index in [2.05, 4.69) is 22.3 Å². The number of carboxylic acids is 1.